The molecule has 1 amide bonds. The number of likely N-dealkylation sites (N-methyl/N-ethyl adjacent to an activating group) is 1. The second-order valence-electron chi connectivity index (χ2n) is 8.92. The Morgan fingerprint density at radius 3 is 2.44 bits per heavy atom. The van der Waals surface area contributed by atoms with E-state index in [1.54, 1.807) is 26.2 Å². The highest BCUT2D eigenvalue weighted by Crippen LogP contribution is 2.56. The number of nitrogens with two attached hydrogens (primary N) is 1. The second kappa shape index (κ2) is 7.18. The number of fused-ring (bicyclic) bond motifs is 3. The van der Waals surface area contributed by atoms with Crippen LogP contribution in [0.25, 0.3) is 5.76 Å². The number of phenols is 1. The van der Waals surface area contributed by atoms with Gasteiger partial charge in [-0.3, -0.25) is 19.3 Å². The fourth-order valence-corrected chi connectivity index (χ4v) is 5.84. The van der Waals surface area contributed by atoms with Gasteiger partial charge in [-0.05, 0) is 50.4 Å². The van der Waals surface area contributed by atoms with Gasteiger partial charge in [-0.25, -0.2) is 0 Å². The molecule has 3 aliphatic carbocycles. The molecule has 3 aliphatic rings. The number of phenolic OH excluding ortho intramolecular Hbond substituents is 1. The minimum atomic E-state index is -2.62. The van der Waals surface area contributed by atoms with Crippen LogP contribution in [-0.2, 0) is 14.4 Å². The zero-order valence-corrected chi connectivity index (χ0v) is 18.0. The molecule has 6 N–H and O–H groups in total. The lowest BCUT2D eigenvalue weighted by Crippen LogP contribution is -2.66. The number of carbonyl (C=O) groups excluding carboxylic acids is 3. The molecule has 0 bridgehead atoms. The number of benzene rings is 1. The minimum absolute atomic E-state index is 0.0833. The summed E-state index contributed by atoms with van der Waals surface area (Å²) in [5.74, 6) is -6.71. The molecule has 1 aromatic rings. The molecule has 0 radical (unpaired) electrons. The lowest BCUT2D eigenvalue weighted by Gasteiger charge is -2.51. The summed E-state index contributed by atoms with van der Waals surface area (Å²) >= 11 is 0. The molecule has 170 valence electrons. The van der Waals surface area contributed by atoms with E-state index in [0.29, 0.717) is 12.0 Å². The standard InChI is InChI=1S/C23H26N2O7/c1-4-9-10-6-5-7-13(26)14(10)18(27)15-11(9)8-12-17(25(2)3)19(28)16(22(24)31)21(30)23(12,32)20(15)29/h5-7,9,11-12,17,26-27,30,32H,4,8H2,1-3H3,(H2,24,31)/t9-,11+,12-,17-,23-/m0/s1. The summed E-state index contributed by atoms with van der Waals surface area (Å²) in [5, 5.41) is 43.8. The molecule has 0 unspecified atom stereocenters. The van der Waals surface area contributed by atoms with E-state index < -0.39 is 58.0 Å². The number of primary amides is 1. The van der Waals surface area contributed by atoms with Gasteiger partial charge < -0.3 is 26.2 Å². The van der Waals surface area contributed by atoms with Crippen molar-refractivity contribution in [1.82, 2.24) is 4.90 Å². The van der Waals surface area contributed by atoms with Crippen molar-refractivity contribution in [1.29, 1.82) is 0 Å². The molecule has 32 heavy (non-hydrogen) atoms. The van der Waals surface area contributed by atoms with E-state index in [0.717, 1.165) is 0 Å². The summed E-state index contributed by atoms with van der Waals surface area (Å²) in [6.45, 7) is 1.90. The van der Waals surface area contributed by atoms with Gasteiger partial charge in [0.25, 0.3) is 5.91 Å². The molecule has 0 aliphatic heterocycles. The van der Waals surface area contributed by atoms with E-state index in [1.807, 2.05) is 6.92 Å². The fourth-order valence-electron chi connectivity index (χ4n) is 5.84. The van der Waals surface area contributed by atoms with Crippen LogP contribution in [0.15, 0.2) is 35.1 Å². The van der Waals surface area contributed by atoms with Crippen LogP contribution in [0, 0.1) is 11.8 Å². The molecular weight excluding hydrogens is 416 g/mol. The first-order valence-corrected chi connectivity index (χ1v) is 10.4. The van der Waals surface area contributed by atoms with Gasteiger partial charge in [0.05, 0.1) is 11.6 Å². The monoisotopic (exact) mass is 442 g/mol. The van der Waals surface area contributed by atoms with Crippen LogP contribution in [0.5, 0.6) is 5.75 Å². The van der Waals surface area contributed by atoms with Crippen LogP contribution in [0.3, 0.4) is 0 Å². The average Bonchev–Trinajstić information content (AvgIpc) is 2.70. The summed E-state index contributed by atoms with van der Waals surface area (Å²) in [7, 11) is 3.14. The number of ketones is 2. The molecule has 0 heterocycles. The number of aliphatic hydroxyl groups excluding tert-OH is 2. The molecule has 0 saturated heterocycles. The maximum atomic E-state index is 13.7. The molecule has 0 aromatic heterocycles. The normalized spacial score (nSPS) is 32.0. The van der Waals surface area contributed by atoms with Crippen LogP contribution in [0.1, 0.15) is 36.8 Å². The highest BCUT2D eigenvalue weighted by atomic mass is 16.3. The van der Waals surface area contributed by atoms with E-state index in [1.165, 1.54) is 11.0 Å². The second-order valence-corrected chi connectivity index (χ2v) is 8.92. The number of carbonyl (C=O) groups is 3. The number of aromatic hydroxyl groups is 1. The average molecular weight is 442 g/mol. The van der Waals surface area contributed by atoms with Gasteiger partial charge in [0.1, 0.15) is 22.8 Å². The molecular formula is C23H26N2O7. The molecule has 1 saturated carbocycles. The van der Waals surface area contributed by atoms with Crippen molar-refractivity contribution < 1.29 is 34.8 Å². The van der Waals surface area contributed by atoms with Gasteiger partial charge in [-0.15, -0.1) is 0 Å². The Hall–Kier alpha value is -3.17. The molecule has 1 fully saturated rings. The largest absolute Gasteiger partial charge is 0.508 e. The van der Waals surface area contributed by atoms with Gasteiger partial charge in [-0.1, -0.05) is 19.1 Å². The predicted octanol–water partition coefficient (Wildman–Crippen LogP) is 0.915. The van der Waals surface area contributed by atoms with Crippen LogP contribution < -0.4 is 5.73 Å². The number of nitrogens with zero attached hydrogens (tertiary/aromatic N) is 1. The number of Topliss-reactive ketones (excluding diaryl/α,β-unsaturated/α-hetero) is 2. The van der Waals surface area contributed by atoms with E-state index in [-0.39, 0.29) is 29.2 Å². The summed E-state index contributed by atoms with van der Waals surface area (Å²) in [6.07, 6.45) is 0.644. The van der Waals surface area contributed by atoms with E-state index in [4.69, 9.17) is 5.73 Å². The molecule has 1 aromatic carbocycles. The molecule has 0 spiro atoms. The molecule has 9 heteroatoms. The maximum absolute atomic E-state index is 13.7. The summed E-state index contributed by atoms with van der Waals surface area (Å²) < 4.78 is 0. The zero-order valence-electron chi connectivity index (χ0n) is 18.0. The van der Waals surface area contributed by atoms with Crippen molar-refractivity contribution in [3.05, 3.63) is 46.2 Å². The quantitative estimate of drug-likeness (QED) is 0.432. The van der Waals surface area contributed by atoms with Gasteiger partial charge in [0, 0.05) is 11.5 Å². The molecule has 5 atom stereocenters. The zero-order chi connectivity index (χ0) is 23.7. The number of amides is 1. The van der Waals surface area contributed by atoms with Crippen LogP contribution in [-0.4, -0.2) is 68.5 Å². The van der Waals surface area contributed by atoms with E-state index >= 15 is 0 Å². The maximum Gasteiger partial charge on any atom is 0.255 e. The van der Waals surface area contributed by atoms with Crippen molar-refractivity contribution in [2.75, 3.05) is 14.1 Å². The molecule has 9 nitrogen and oxygen atoms in total. The Morgan fingerprint density at radius 1 is 1.22 bits per heavy atom. The van der Waals surface area contributed by atoms with Crippen molar-refractivity contribution >= 4 is 23.2 Å². The topological polar surface area (TPSA) is 161 Å². The van der Waals surface area contributed by atoms with Gasteiger partial charge in [0.2, 0.25) is 5.78 Å². The van der Waals surface area contributed by atoms with Crippen LogP contribution in [0.4, 0.5) is 0 Å². The lowest BCUT2D eigenvalue weighted by molar-refractivity contribution is -0.154. The number of hydrogen-bond donors (Lipinski definition) is 5. The van der Waals surface area contributed by atoms with E-state index in [2.05, 4.69) is 0 Å². The smallest absolute Gasteiger partial charge is 0.255 e. The Kier molecular flexibility index (Phi) is 4.94. The first kappa shape index (κ1) is 22.0. The fraction of sp³-hybridized carbons (Fsp3) is 0.435. The number of hydrogen-bond acceptors (Lipinski definition) is 8. The number of aliphatic hydroxyl groups is 3. The minimum Gasteiger partial charge on any atom is -0.508 e. The van der Waals surface area contributed by atoms with Gasteiger partial charge >= 0.3 is 0 Å². The Bertz CT molecular complexity index is 1120. The van der Waals surface area contributed by atoms with E-state index in [9.17, 15) is 34.8 Å². The third kappa shape index (κ3) is 2.61. The van der Waals surface area contributed by atoms with Crippen molar-refractivity contribution in [2.45, 2.75) is 37.3 Å². The highest BCUT2D eigenvalue weighted by molar-refractivity contribution is 6.24. The van der Waals surface area contributed by atoms with Crippen LogP contribution >= 0.6 is 0 Å². The number of rotatable bonds is 3. The van der Waals surface area contributed by atoms with Crippen molar-refractivity contribution in [3.63, 3.8) is 0 Å². The summed E-state index contributed by atoms with van der Waals surface area (Å²) in [4.78, 5) is 40.3. The van der Waals surface area contributed by atoms with Crippen molar-refractivity contribution in [2.24, 2.45) is 17.6 Å². The third-order valence-electron chi connectivity index (χ3n) is 7.19. The predicted molar refractivity (Wildman–Crippen MR) is 114 cm³/mol. The lowest BCUT2D eigenvalue weighted by atomic mass is 9.55. The summed E-state index contributed by atoms with van der Waals surface area (Å²) in [6, 6.07) is 3.71. The SMILES string of the molecule is CC[C@H]1c2cccc(O)c2C(O)=C2C(=O)[C@]3(O)C(O)=C(C(N)=O)C(=O)[C@@H](N(C)C)[C@@H]3C[C@@H]21. The Labute approximate surface area is 184 Å². The Morgan fingerprint density at radius 2 is 1.88 bits per heavy atom. The van der Waals surface area contributed by atoms with Crippen molar-refractivity contribution in [3.8, 4) is 5.75 Å². The summed E-state index contributed by atoms with van der Waals surface area (Å²) in [5.41, 5.74) is 2.51. The highest BCUT2D eigenvalue weighted by Gasteiger charge is 2.64. The third-order valence-corrected chi connectivity index (χ3v) is 7.19. The first-order valence-electron chi connectivity index (χ1n) is 10.4. The molecule has 4 rings (SSSR count). The first-order chi connectivity index (χ1) is 15.0. The van der Waals surface area contributed by atoms with Gasteiger partial charge in [0.15, 0.2) is 11.4 Å². The van der Waals surface area contributed by atoms with Gasteiger partial charge in [-0.2, -0.15) is 0 Å². The van der Waals surface area contributed by atoms with Crippen LogP contribution in [0.2, 0.25) is 0 Å². The Balaban J connectivity index is 2.02.